The molecule has 114 valence electrons. The number of halogens is 1. The lowest BCUT2D eigenvalue weighted by molar-refractivity contribution is 0.0940. The van der Waals surface area contributed by atoms with Crippen molar-refractivity contribution < 1.29 is 9.18 Å². The van der Waals surface area contributed by atoms with Crippen molar-refractivity contribution in [3.63, 3.8) is 0 Å². The van der Waals surface area contributed by atoms with Crippen LogP contribution in [0, 0.1) is 5.82 Å². The van der Waals surface area contributed by atoms with Crippen molar-refractivity contribution in [2.45, 2.75) is 26.3 Å². The summed E-state index contributed by atoms with van der Waals surface area (Å²) in [7, 11) is 0. The molecule has 0 bridgehead atoms. The highest BCUT2D eigenvalue weighted by Gasteiger charge is 2.18. The molecule has 1 amide bonds. The van der Waals surface area contributed by atoms with Crippen molar-refractivity contribution in [3.05, 3.63) is 45.9 Å². The number of thiazole rings is 1. The van der Waals surface area contributed by atoms with Crippen LogP contribution in [0.5, 0.6) is 0 Å². The van der Waals surface area contributed by atoms with E-state index in [-0.39, 0.29) is 17.5 Å². The highest BCUT2D eigenvalue weighted by Crippen LogP contribution is 2.20. The van der Waals surface area contributed by atoms with Crippen LogP contribution in [0.4, 0.5) is 4.39 Å². The number of amides is 1. The normalized spacial score (nSPS) is 12.5. The minimum absolute atomic E-state index is 0.217. The fraction of sp³-hybridized carbons (Fsp3) is 0.267. The Hall–Kier alpha value is -2.28. The molecule has 0 saturated heterocycles. The number of rotatable bonds is 4. The zero-order valence-electron chi connectivity index (χ0n) is 12.2. The molecule has 0 spiro atoms. The zero-order valence-corrected chi connectivity index (χ0v) is 13.0. The number of hydrogen-bond donors (Lipinski definition) is 2. The van der Waals surface area contributed by atoms with Crippen molar-refractivity contribution in [1.82, 2.24) is 20.3 Å². The quantitative estimate of drug-likeness (QED) is 0.776. The average Bonchev–Trinajstić information content (AvgIpc) is 3.14. The summed E-state index contributed by atoms with van der Waals surface area (Å²) in [6.07, 6.45) is 2.31. The Bertz CT molecular complexity index is 826. The van der Waals surface area contributed by atoms with E-state index in [9.17, 15) is 9.18 Å². The second-order valence-electron chi connectivity index (χ2n) is 4.97. The molecule has 3 rings (SSSR count). The minimum Gasteiger partial charge on any atom is -0.344 e. The van der Waals surface area contributed by atoms with E-state index in [1.165, 1.54) is 18.5 Å². The predicted molar refractivity (Wildman–Crippen MR) is 83.4 cm³/mol. The van der Waals surface area contributed by atoms with Gasteiger partial charge in [0, 0.05) is 5.38 Å². The third kappa shape index (κ3) is 2.71. The van der Waals surface area contributed by atoms with Gasteiger partial charge in [-0.1, -0.05) is 6.92 Å². The lowest BCUT2D eigenvalue weighted by atomic mass is 10.1. The van der Waals surface area contributed by atoms with Gasteiger partial charge in [-0.25, -0.2) is 14.4 Å². The first-order valence-corrected chi connectivity index (χ1v) is 7.84. The summed E-state index contributed by atoms with van der Waals surface area (Å²) in [5.41, 5.74) is 1.98. The van der Waals surface area contributed by atoms with Gasteiger partial charge in [0.15, 0.2) is 0 Å². The van der Waals surface area contributed by atoms with Crippen molar-refractivity contribution >= 4 is 28.3 Å². The van der Waals surface area contributed by atoms with Crippen LogP contribution in [0.15, 0.2) is 23.8 Å². The number of H-pyrrole nitrogens is 1. The monoisotopic (exact) mass is 318 g/mol. The van der Waals surface area contributed by atoms with Crippen LogP contribution in [0.3, 0.4) is 0 Å². The highest BCUT2D eigenvalue weighted by molar-refractivity contribution is 7.09. The lowest BCUT2D eigenvalue weighted by Crippen LogP contribution is -2.27. The number of fused-ring (bicyclic) bond motifs is 1. The molecule has 5 nitrogen and oxygen atoms in total. The van der Waals surface area contributed by atoms with E-state index in [4.69, 9.17) is 0 Å². The molecule has 1 atom stereocenters. The Morgan fingerprint density at radius 1 is 1.50 bits per heavy atom. The molecule has 3 aromatic rings. The van der Waals surface area contributed by atoms with Gasteiger partial charge in [-0.05, 0) is 25.5 Å². The number of carbonyl (C=O) groups is 1. The Balaban J connectivity index is 1.85. The van der Waals surface area contributed by atoms with Gasteiger partial charge < -0.3 is 10.3 Å². The number of aryl methyl sites for hydroxylation is 1. The molecule has 0 radical (unpaired) electrons. The van der Waals surface area contributed by atoms with Crippen LogP contribution in [0.1, 0.15) is 40.9 Å². The minimum atomic E-state index is -0.475. The maximum Gasteiger partial charge on any atom is 0.254 e. The summed E-state index contributed by atoms with van der Waals surface area (Å²) in [5.74, 6) is -0.841. The number of carbonyl (C=O) groups excluding carboxylic acids is 1. The van der Waals surface area contributed by atoms with Gasteiger partial charge in [-0.3, -0.25) is 4.79 Å². The van der Waals surface area contributed by atoms with Crippen LogP contribution < -0.4 is 5.32 Å². The van der Waals surface area contributed by atoms with Crippen molar-refractivity contribution in [3.8, 4) is 0 Å². The van der Waals surface area contributed by atoms with Crippen molar-refractivity contribution in [1.29, 1.82) is 0 Å². The van der Waals surface area contributed by atoms with Crippen LogP contribution in [0.25, 0.3) is 11.0 Å². The van der Waals surface area contributed by atoms with Crippen molar-refractivity contribution in [2.24, 2.45) is 0 Å². The number of aromatic amines is 1. The summed E-state index contributed by atoms with van der Waals surface area (Å²) in [5, 5.41) is 5.80. The number of nitrogens with zero attached hydrogens (tertiary/aromatic N) is 2. The molecule has 0 aliphatic heterocycles. The maximum absolute atomic E-state index is 13.6. The van der Waals surface area contributed by atoms with Gasteiger partial charge in [-0.2, -0.15) is 0 Å². The molecule has 7 heteroatoms. The Morgan fingerprint density at radius 2 is 2.32 bits per heavy atom. The molecule has 2 N–H and O–H groups in total. The predicted octanol–water partition coefficient (Wildman–Crippen LogP) is 3.21. The van der Waals surface area contributed by atoms with Gasteiger partial charge in [0.05, 0.1) is 34.2 Å². The van der Waals surface area contributed by atoms with Gasteiger partial charge >= 0.3 is 0 Å². The first-order chi connectivity index (χ1) is 10.6. The largest absolute Gasteiger partial charge is 0.344 e. The van der Waals surface area contributed by atoms with E-state index in [0.717, 1.165) is 17.1 Å². The average molecular weight is 318 g/mol. The Morgan fingerprint density at radius 3 is 3.05 bits per heavy atom. The molecular formula is C15H15FN4OS. The summed E-state index contributed by atoms with van der Waals surface area (Å²) in [6, 6.07) is 2.27. The SMILES string of the molecule is CCc1nc(C(C)NC(=O)c2cc(F)cc3[nH]cnc23)cs1. The molecule has 0 aliphatic rings. The maximum atomic E-state index is 13.6. The molecule has 0 aliphatic carbocycles. The molecular weight excluding hydrogens is 303 g/mol. The summed E-state index contributed by atoms with van der Waals surface area (Å²) < 4.78 is 13.6. The molecule has 1 unspecified atom stereocenters. The van der Waals surface area contributed by atoms with Crippen LogP contribution in [0.2, 0.25) is 0 Å². The first kappa shape index (κ1) is 14.6. The van der Waals surface area contributed by atoms with E-state index < -0.39 is 5.82 Å². The number of hydrogen-bond acceptors (Lipinski definition) is 4. The molecule has 0 saturated carbocycles. The molecule has 0 fully saturated rings. The van der Waals surface area contributed by atoms with Crippen LogP contribution in [-0.4, -0.2) is 20.9 Å². The van der Waals surface area contributed by atoms with E-state index in [0.29, 0.717) is 11.0 Å². The summed E-state index contributed by atoms with van der Waals surface area (Å²) >= 11 is 1.57. The number of nitrogens with one attached hydrogen (secondary N) is 2. The Kier molecular flexibility index (Phi) is 3.89. The summed E-state index contributed by atoms with van der Waals surface area (Å²) in [4.78, 5) is 23.8. The van der Waals surface area contributed by atoms with Crippen LogP contribution in [-0.2, 0) is 6.42 Å². The molecule has 2 heterocycles. The standard InChI is InChI=1S/C15H15FN4OS/c1-3-13-20-12(6-22-13)8(2)19-15(21)10-4-9(16)5-11-14(10)18-7-17-11/h4-8H,3H2,1-2H3,(H,17,18)(H,19,21). The fourth-order valence-electron chi connectivity index (χ4n) is 2.22. The second kappa shape index (κ2) is 5.84. The number of imidazole rings is 1. The molecule has 1 aromatic carbocycles. The molecule has 22 heavy (non-hydrogen) atoms. The van der Waals surface area contributed by atoms with Gasteiger partial charge in [0.25, 0.3) is 5.91 Å². The smallest absolute Gasteiger partial charge is 0.254 e. The van der Waals surface area contributed by atoms with Gasteiger partial charge in [0.2, 0.25) is 0 Å². The van der Waals surface area contributed by atoms with E-state index >= 15 is 0 Å². The summed E-state index contributed by atoms with van der Waals surface area (Å²) in [6.45, 7) is 3.89. The van der Waals surface area contributed by atoms with Crippen molar-refractivity contribution in [2.75, 3.05) is 0 Å². The van der Waals surface area contributed by atoms with Gasteiger partial charge in [0.1, 0.15) is 11.3 Å². The number of aromatic nitrogens is 3. The van der Waals surface area contributed by atoms with Crippen LogP contribution >= 0.6 is 11.3 Å². The Labute approximate surface area is 130 Å². The van der Waals surface area contributed by atoms with E-state index in [1.54, 1.807) is 11.3 Å². The lowest BCUT2D eigenvalue weighted by Gasteiger charge is -2.12. The number of benzene rings is 1. The highest BCUT2D eigenvalue weighted by atomic mass is 32.1. The third-order valence-electron chi connectivity index (χ3n) is 3.40. The topological polar surface area (TPSA) is 70.7 Å². The third-order valence-corrected chi connectivity index (χ3v) is 4.41. The van der Waals surface area contributed by atoms with E-state index in [1.807, 2.05) is 19.2 Å². The van der Waals surface area contributed by atoms with E-state index in [2.05, 4.69) is 20.3 Å². The van der Waals surface area contributed by atoms with Gasteiger partial charge in [-0.15, -0.1) is 11.3 Å². The second-order valence-corrected chi connectivity index (χ2v) is 5.91. The first-order valence-electron chi connectivity index (χ1n) is 6.96. The fourth-order valence-corrected chi connectivity index (χ4v) is 3.06. The zero-order chi connectivity index (χ0) is 15.7. The molecule has 2 aromatic heterocycles.